The maximum atomic E-state index is 15.7. The highest BCUT2D eigenvalue weighted by atomic mass is 35.5. The van der Waals surface area contributed by atoms with E-state index in [9.17, 15) is 13.2 Å². The summed E-state index contributed by atoms with van der Waals surface area (Å²) in [6.07, 6.45) is 2.91. The molecule has 1 aliphatic rings. The zero-order valence-electron chi connectivity index (χ0n) is 24.3. The summed E-state index contributed by atoms with van der Waals surface area (Å²) in [4.78, 5) is 28.1. The molecule has 2 N–H and O–H groups in total. The number of para-hydroxylation sites is 1. The highest BCUT2D eigenvalue weighted by Crippen LogP contribution is 2.33. The molecule has 7 rings (SSSR count). The van der Waals surface area contributed by atoms with Gasteiger partial charge in [-0.3, -0.25) is 9.52 Å². The van der Waals surface area contributed by atoms with Gasteiger partial charge >= 0.3 is 0 Å². The molecule has 0 radical (unpaired) electrons. The zero-order valence-corrected chi connectivity index (χ0v) is 25.9. The second-order valence-corrected chi connectivity index (χ2v) is 12.6. The standard InChI is InChI=1S/C32H24ClF2N7O4S/c33-21-6-2-4-8-26(21)47(44,45)40-23-10-9-22(34)29(28(23)35)39-31-30-24(36-18-37-31)11-12-27(38-30)42-17-20(19-5-1-3-7-25(19)42)32(43)41-13-15-46-16-14-41/h1-12,17-18,40H,13-16H2,(H,36,37,39). The number of fused-ring (bicyclic) bond motifs is 2. The lowest BCUT2D eigenvalue weighted by Crippen LogP contribution is -2.40. The van der Waals surface area contributed by atoms with Gasteiger partial charge in [0.2, 0.25) is 0 Å². The quantitative estimate of drug-likeness (QED) is 0.213. The number of benzene rings is 3. The summed E-state index contributed by atoms with van der Waals surface area (Å²) >= 11 is 6.04. The van der Waals surface area contributed by atoms with Crippen LogP contribution in [0.5, 0.6) is 0 Å². The number of hydrogen-bond donors (Lipinski definition) is 2. The van der Waals surface area contributed by atoms with Gasteiger partial charge in [-0.2, -0.15) is 0 Å². The molecule has 0 spiro atoms. The van der Waals surface area contributed by atoms with Gasteiger partial charge in [0.15, 0.2) is 11.6 Å². The first-order chi connectivity index (χ1) is 22.7. The van der Waals surface area contributed by atoms with Crippen LogP contribution in [0.3, 0.4) is 0 Å². The third kappa shape index (κ3) is 5.71. The average Bonchev–Trinajstić information content (AvgIpc) is 3.47. The molecule has 3 aromatic heterocycles. The number of aromatic nitrogens is 4. The molecule has 0 saturated carbocycles. The molecule has 238 valence electrons. The van der Waals surface area contributed by atoms with E-state index in [4.69, 9.17) is 21.3 Å². The molecule has 3 aromatic carbocycles. The fourth-order valence-electron chi connectivity index (χ4n) is 5.36. The van der Waals surface area contributed by atoms with Crippen molar-refractivity contribution in [2.45, 2.75) is 4.90 Å². The Labute approximate surface area is 271 Å². The third-order valence-corrected chi connectivity index (χ3v) is 9.53. The summed E-state index contributed by atoms with van der Waals surface area (Å²) < 4.78 is 66.0. The van der Waals surface area contributed by atoms with Crippen molar-refractivity contribution in [3.8, 4) is 5.82 Å². The molecule has 1 amide bonds. The number of pyridine rings is 1. The van der Waals surface area contributed by atoms with Crippen molar-refractivity contribution in [3.05, 3.63) is 108 Å². The third-order valence-electron chi connectivity index (χ3n) is 7.66. The molecule has 15 heteroatoms. The van der Waals surface area contributed by atoms with E-state index in [0.717, 1.165) is 23.0 Å². The molecule has 0 aliphatic carbocycles. The molecular weight excluding hydrogens is 652 g/mol. The van der Waals surface area contributed by atoms with E-state index in [1.165, 1.54) is 24.5 Å². The van der Waals surface area contributed by atoms with Crippen molar-refractivity contribution in [2.75, 3.05) is 36.3 Å². The summed E-state index contributed by atoms with van der Waals surface area (Å²) in [5.41, 5.74) is 0.567. The molecule has 0 bridgehead atoms. The maximum absolute atomic E-state index is 15.7. The van der Waals surface area contributed by atoms with E-state index in [2.05, 4.69) is 20.0 Å². The van der Waals surface area contributed by atoms with Crippen LogP contribution < -0.4 is 10.0 Å². The van der Waals surface area contributed by atoms with Crippen LogP contribution in [0.15, 0.2) is 90.2 Å². The van der Waals surface area contributed by atoms with Gasteiger partial charge in [0, 0.05) is 24.7 Å². The maximum Gasteiger partial charge on any atom is 0.263 e. The Morgan fingerprint density at radius 1 is 0.936 bits per heavy atom. The first-order valence-electron chi connectivity index (χ1n) is 14.3. The van der Waals surface area contributed by atoms with Gasteiger partial charge in [-0.05, 0) is 42.5 Å². The minimum atomic E-state index is -4.32. The van der Waals surface area contributed by atoms with E-state index in [1.54, 1.807) is 33.9 Å². The van der Waals surface area contributed by atoms with Gasteiger partial charge in [-0.1, -0.05) is 41.9 Å². The van der Waals surface area contributed by atoms with Crippen LogP contribution in [0.4, 0.5) is 26.0 Å². The van der Waals surface area contributed by atoms with Gasteiger partial charge in [0.1, 0.15) is 34.1 Å². The molecule has 1 saturated heterocycles. The molecule has 11 nitrogen and oxygen atoms in total. The first kappa shape index (κ1) is 30.5. The van der Waals surface area contributed by atoms with Gasteiger partial charge in [0.25, 0.3) is 15.9 Å². The van der Waals surface area contributed by atoms with Crippen LogP contribution in [-0.2, 0) is 14.8 Å². The predicted molar refractivity (Wildman–Crippen MR) is 173 cm³/mol. The lowest BCUT2D eigenvalue weighted by molar-refractivity contribution is 0.0304. The minimum Gasteiger partial charge on any atom is -0.378 e. The lowest BCUT2D eigenvalue weighted by atomic mass is 10.1. The van der Waals surface area contributed by atoms with Gasteiger partial charge < -0.3 is 19.5 Å². The number of sulfonamides is 1. The predicted octanol–water partition coefficient (Wildman–Crippen LogP) is 5.92. The normalized spacial score (nSPS) is 13.6. The number of hydrogen-bond acceptors (Lipinski definition) is 8. The van der Waals surface area contributed by atoms with E-state index in [-0.39, 0.29) is 27.2 Å². The Kier molecular flexibility index (Phi) is 7.91. The first-order valence-corrected chi connectivity index (χ1v) is 16.2. The van der Waals surface area contributed by atoms with Crippen LogP contribution in [0, 0.1) is 11.6 Å². The van der Waals surface area contributed by atoms with Crippen LogP contribution in [0.25, 0.3) is 27.8 Å². The molecule has 0 unspecified atom stereocenters. The number of nitrogens with zero attached hydrogens (tertiary/aromatic N) is 5. The molecule has 4 heterocycles. The van der Waals surface area contributed by atoms with Gasteiger partial charge in [0.05, 0.1) is 40.5 Å². The second-order valence-electron chi connectivity index (χ2n) is 10.5. The molecule has 6 aromatic rings. The Morgan fingerprint density at radius 2 is 1.70 bits per heavy atom. The molecular formula is C32H24ClF2N7O4S. The molecule has 1 fully saturated rings. The average molecular weight is 676 g/mol. The van der Waals surface area contributed by atoms with Crippen LogP contribution in [0.2, 0.25) is 5.02 Å². The van der Waals surface area contributed by atoms with Crippen molar-refractivity contribution in [1.29, 1.82) is 0 Å². The molecule has 47 heavy (non-hydrogen) atoms. The fraction of sp³-hybridized carbons (Fsp3) is 0.125. The number of morpholine rings is 1. The smallest absolute Gasteiger partial charge is 0.263 e. The SMILES string of the molecule is O=C(c1cn(-c2ccc3ncnc(Nc4c(F)ccc(NS(=O)(=O)c5ccccc5Cl)c4F)c3n2)c2ccccc12)N1CCOCC1. The number of halogens is 3. The highest BCUT2D eigenvalue weighted by Gasteiger charge is 2.25. The van der Waals surface area contributed by atoms with E-state index >= 15 is 8.78 Å². The minimum absolute atomic E-state index is 0.0400. The van der Waals surface area contributed by atoms with E-state index < -0.39 is 33.0 Å². The monoisotopic (exact) mass is 675 g/mol. The summed E-state index contributed by atoms with van der Waals surface area (Å²) in [5.74, 6) is -2.00. The van der Waals surface area contributed by atoms with Crippen LogP contribution in [-0.4, -0.2) is 65.0 Å². The summed E-state index contributed by atoms with van der Waals surface area (Å²) in [7, 11) is -4.32. The number of nitrogens with one attached hydrogen (secondary N) is 2. The van der Waals surface area contributed by atoms with Crippen molar-refractivity contribution in [3.63, 3.8) is 0 Å². The summed E-state index contributed by atoms with van der Waals surface area (Å²) in [6, 6.07) is 18.3. The Balaban J connectivity index is 1.26. The Bertz CT molecular complexity index is 2300. The molecule has 0 atom stereocenters. The number of amides is 1. The van der Waals surface area contributed by atoms with Gasteiger partial charge in [-0.25, -0.2) is 32.2 Å². The van der Waals surface area contributed by atoms with Crippen LogP contribution >= 0.6 is 11.6 Å². The van der Waals surface area contributed by atoms with Crippen molar-refractivity contribution >= 4 is 66.7 Å². The highest BCUT2D eigenvalue weighted by molar-refractivity contribution is 7.92. The zero-order chi connectivity index (χ0) is 32.7. The van der Waals surface area contributed by atoms with E-state index in [0.29, 0.717) is 43.2 Å². The second kappa shape index (κ2) is 12.2. The Hall–Kier alpha value is -5.18. The number of rotatable bonds is 7. The number of carbonyl (C=O) groups excluding carboxylic acids is 1. The van der Waals surface area contributed by atoms with Crippen molar-refractivity contribution < 1.29 is 26.7 Å². The lowest BCUT2D eigenvalue weighted by Gasteiger charge is -2.26. The van der Waals surface area contributed by atoms with E-state index in [1.807, 2.05) is 24.3 Å². The summed E-state index contributed by atoms with van der Waals surface area (Å²) in [6.45, 7) is 1.89. The topological polar surface area (TPSA) is 131 Å². The van der Waals surface area contributed by atoms with Crippen LogP contribution in [0.1, 0.15) is 10.4 Å². The van der Waals surface area contributed by atoms with Gasteiger partial charge in [-0.15, -0.1) is 0 Å². The Morgan fingerprint density at radius 3 is 2.51 bits per heavy atom. The number of anilines is 3. The number of carbonyl (C=O) groups is 1. The largest absolute Gasteiger partial charge is 0.378 e. The molecule has 1 aliphatic heterocycles. The fourth-order valence-corrected chi connectivity index (χ4v) is 6.94. The van der Waals surface area contributed by atoms with Crippen molar-refractivity contribution in [1.82, 2.24) is 24.4 Å². The number of ether oxygens (including phenoxy) is 1. The van der Waals surface area contributed by atoms with Crippen molar-refractivity contribution in [2.24, 2.45) is 0 Å². The summed E-state index contributed by atoms with van der Waals surface area (Å²) in [5, 5.41) is 3.30.